The molecule has 0 amide bonds. The van der Waals surface area contributed by atoms with Gasteiger partial charge in [-0.05, 0) is 18.6 Å². The van der Waals surface area contributed by atoms with E-state index in [0.29, 0.717) is 25.4 Å². The van der Waals surface area contributed by atoms with Gasteiger partial charge in [0.2, 0.25) is 5.89 Å². The SMILES string of the molecule is Cc1ccccc1OCC(O)CNCCc1ncno1. The molecular weight excluding hydrogens is 258 g/mol. The van der Waals surface area contributed by atoms with Crippen molar-refractivity contribution in [1.82, 2.24) is 15.5 Å². The van der Waals surface area contributed by atoms with Gasteiger partial charge in [0, 0.05) is 19.5 Å². The normalized spacial score (nSPS) is 12.3. The summed E-state index contributed by atoms with van der Waals surface area (Å²) >= 11 is 0. The number of ether oxygens (including phenoxy) is 1. The number of hydrogen-bond donors (Lipinski definition) is 2. The molecule has 2 rings (SSSR count). The van der Waals surface area contributed by atoms with E-state index in [1.54, 1.807) is 0 Å². The van der Waals surface area contributed by atoms with Gasteiger partial charge >= 0.3 is 0 Å². The highest BCUT2D eigenvalue weighted by molar-refractivity contribution is 5.31. The molecule has 1 heterocycles. The minimum atomic E-state index is -0.558. The Hall–Kier alpha value is -1.92. The Labute approximate surface area is 117 Å². The van der Waals surface area contributed by atoms with Gasteiger partial charge in [-0.25, -0.2) is 0 Å². The van der Waals surface area contributed by atoms with Gasteiger partial charge in [-0.1, -0.05) is 23.4 Å². The van der Waals surface area contributed by atoms with Crippen molar-refractivity contribution in [1.29, 1.82) is 0 Å². The fourth-order valence-corrected chi connectivity index (χ4v) is 1.73. The topological polar surface area (TPSA) is 80.4 Å². The van der Waals surface area contributed by atoms with E-state index < -0.39 is 6.10 Å². The summed E-state index contributed by atoms with van der Waals surface area (Å²) in [6.07, 6.45) is 1.46. The Bertz CT molecular complexity index is 502. The van der Waals surface area contributed by atoms with Crippen LogP contribution in [0.3, 0.4) is 0 Å². The second kappa shape index (κ2) is 7.62. The highest BCUT2D eigenvalue weighted by Gasteiger charge is 2.06. The number of aliphatic hydroxyl groups excluding tert-OH is 1. The molecule has 0 radical (unpaired) electrons. The molecule has 108 valence electrons. The zero-order valence-electron chi connectivity index (χ0n) is 11.5. The van der Waals surface area contributed by atoms with Crippen LogP contribution in [0.2, 0.25) is 0 Å². The third kappa shape index (κ3) is 4.64. The van der Waals surface area contributed by atoms with Crippen LogP contribution in [0.15, 0.2) is 35.1 Å². The summed E-state index contributed by atoms with van der Waals surface area (Å²) in [6.45, 7) is 3.37. The average Bonchev–Trinajstić information content (AvgIpc) is 2.96. The first kappa shape index (κ1) is 14.5. The predicted molar refractivity (Wildman–Crippen MR) is 73.6 cm³/mol. The molecule has 0 saturated carbocycles. The summed E-state index contributed by atoms with van der Waals surface area (Å²) in [6, 6.07) is 7.74. The molecule has 20 heavy (non-hydrogen) atoms. The second-order valence-electron chi connectivity index (χ2n) is 4.52. The van der Waals surface area contributed by atoms with Gasteiger partial charge in [-0.15, -0.1) is 0 Å². The molecule has 0 spiro atoms. The molecule has 1 atom stereocenters. The van der Waals surface area contributed by atoms with Gasteiger partial charge in [0.15, 0.2) is 6.33 Å². The second-order valence-corrected chi connectivity index (χ2v) is 4.52. The van der Waals surface area contributed by atoms with Crippen LogP contribution < -0.4 is 10.1 Å². The lowest BCUT2D eigenvalue weighted by Gasteiger charge is -2.14. The van der Waals surface area contributed by atoms with Crippen molar-refractivity contribution < 1.29 is 14.4 Å². The number of rotatable bonds is 8. The lowest BCUT2D eigenvalue weighted by Crippen LogP contribution is -2.32. The van der Waals surface area contributed by atoms with Crippen molar-refractivity contribution in [3.63, 3.8) is 0 Å². The highest BCUT2D eigenvalue weighted by atomic mass is 16.5. The van der Waals surface area contributed by atoms with Crippen LogP contribution in [0.5, 0.6) is 5.75 Å². The minimum absolute atomic E-state index is 0.262. The summed E-state index contributed by atoms with van der Waals surface area (Å²) < 4.78 is 10.4. The molecule has 6 heteroatoms. The summed E-state index contributed by atoms with van der Waals surface area (Å²) in [5.41, 5.74) is 1.06. The number of aromatic nitrogens is 2. The van der Waals surface area contributed by atoms with Crippen molar-refractivity contribution in [2.75, 3.05) is 19.7 Å². The Morgan fingerprint density at radius 2 is 2.25 bits per heavy atom. The van der Waals surface area contributed by atoms with Crippen LogP contribution in [-0.4, -0.2) is 41.0 Å². The van der Waals surface area contributed by atoms with E-state index in [1.807, 2.05) is 31.2 Å². The summed E-state index contributed by atoms with van der Waals surface area (Å²) in [5.74, 6) is 1.39. The van der Waals surface area contributed by atoms with E-state index in [0.717, 1.165) is 11.3 Å². The van der Waals surface area contributed by atoms with Gasteiger partial charge in [-0.3, -0.25) is 0 Å². The first-order valence-corrected chi connectivity index (χ1v) is 6.58. The summed E-state index contributed by atoms with van der Waals surface area (Å²) in [7, 11) is 0. The van der Waals surface area contributed by atoms with E-state index in [2.05, 4.69) is 15.5 Å². The number of hydrogen-bond acceptors (Lipinski definition) is 6. The smallest absolute Gasteiger partial charge is 0.227 e. The number of aliphatic hydroxyl groups is 1. The van der Waals surface area contributed by atoms with Gasteiger partial charge in [0.1, 0.15) is 18.5 Å². The first-order chi connectivity index (χ1) is 9.75. The standard InChI is InChI=1S/C14H19N3O3/c1-11-4-2-3-5-13(11)19-9-12(18)8-15-7-6-14-16-10-17-20-14/h2-5,10,12,15,18H,6-9H2,1H3. The molecule has 2 N–H and O–H groups in total. The van der Waals surface area contributed by atoms with Crippen molar-refractivity contribution in [2.24, 2.45) is 0 Å². The molecule has 0 fully saturated rings. The molecule has 0 aliphatic heterocycles. The first-order valence-electron chi connectivity index (χ1n) is 6.58. The zero-order valence-corrected chi connectivity index (χ0v) is 11.5. The predicted octanol–water partition coefficient (Wildman–Crippen LogP) is 0.950. The van der Waals surface area contributed by atoms with E-state index in [-0.39, 0.29) is 6.61 Å². The van der Waals surface area contributed by atoms with Crippen molar-refractivity contribution in [3.8, 4) is 5.75 Å². The van der Waals surface area contributed by atoms with Crippen LogP contribution in [0.4, 0.5) is 0 Å². The fourth-order valence-electron chi connectivity index (χ4n) is 1.73. The van der Waals surface area contributed by atoms with E-state index in [4.69, 9.17) is 9.26 Å². The largest absolute Gasteiger partial charge is 0.491 e. The highest BCUT2D eigenvalue weighted by Crippen LogP contribution is 2.16. The van der Waals surface area contributed by atoms with Crippen LogP contribution in [0.1, 0.15) is 11.5 Å². The van der Waals surface area contributed by atoms with Crippen LogP contribution in [0, 0.1) is 6.92 Å². The van der Waals surface area contributed by atoms with Crippen molar-refractivity contribution in [2.45, 2.75) is 19.4 Å². The number of nitrogens with zero attached hydrogens (tertiary/aromatic N) is 2. The van der Waals surface area contributed by atoms with Gasteiger partial charge < -0.3 is 19.7 Å². The van der Waals surface area contributed by atoms with Gasteiger partial charge in [0.05, 0.1) is 0 Å². The monoisotopic (exact) mass is 277 g/mol. The Balaban J connectivity index is 1.61. The molecule has 1 unspecified atom stereocenters. The van der Waals surface area contributed by atoms with Crippen molar-refractivity contribution in [3.05, 3.63) is 42.0 Å². The Morgan fingerprint density at radius 1 is 1.40 bits per heavy atom. The maximum absolute atomic E-state index is 9.82. The molecule has 0 aliphatic rings. The Kier molecular flexibility index (Phi) is 5.52. The molecule has 0 bridgehead atoms. The Morgan fingerprint density at radius 3 is 3.00 bits per heavy atom. The lowest BCUT2D eigenvalue weighted by molar-refractivity contribution is 0.106. The maximum atomic E-state index is 9.82. The van der Waals surface area contributed by atoms with Crippen molar-refractivity contribution >= 4 is 0 Å². The zero-order chi connectivity index (χ0) is 14.2. The van der Waals surface area contributed by atoms with E-state index in [9.17, 15) is 5.11 Å². The molecule has 1 aromatic heterocycles. The number of para-hydroxylation sites is 1. The van der Waals surface area contributed by atoms with Gasteiger partial charge in [-0.2, -0.15) is 4.98 Å². The minimum Gasteiger partial charge on any atom is -0.491 e. The number of nitrogens with one attached hydrogen (secondary N) is 1. The third-order valence-corrected chi connectivity index (χ3v) is 2.83. The number of benzene rings is 1. The van der Waals surface area contributed by atoms with Crippen LogP contribution in [0.25, 0.3) is 0 Å². The summed E-state index contributed by atoms with van der Waals surface area (Å²) in [4.78, 5) is 3.91. The molecule has 2 aromatic rings. The molecular formula is C14H19N3O3. The van der Waals surface area contributed by atoms with Crippen LogP contribution >= 0.6 is 0 Å². The quantitative estimate of drug-likeness (QED) is 0.699. The summed E-state index contributed by atoms with van der Waals surface area (Å²) in [5, 5.41) is 16.5. The third-order valence-electron chi connectivity index (χ3n) is 2.83. The molecule has 0 aliphatic carbocycles. The van der Waals surface area contributed by atoms with Gasteiger partial charge in [0.25, 0.3) is 0 Å². The molecule has 6 nitrogen and oxygen atoms in total. The molecule has 0 saturated heterocycles. The fraction of sp³-hybridized carbons (Fsp3) is 0.429. The maximum Gasteiger partial charge on any atom is 0.227 e. The molecule has 1 aromatic carbocycles. The van der Waals surface area contributed by atoms with Crippen LogP contribution in [-0.2, 0) is 6.42 Å². The number of aryl methyl sites for hydroxylation is 1. The lowest BCUT2D eigenvalue weighted by atomic mass is 10.2. The van der Waals surface area contributed by atoms with E-state index in [1.165, 1.54) is 6.33 Å². The van der Waals surface area contributed by atoms with E-state index >= 15 is 0 Å². The average molecular weight is 277 g/mol.